The van der Waals surface area contributed by atoms with Crippen LogP contribution in [0.4, 0.5) is 5.82 Å². The fraction of sp³-hybridized carbons (Fsp3) is 0.167. The summed E-state index contributed by atoms with van der Waals surface area (Å²) in [5, 5.41) is 18.3. The maximum atomic E-state index is 12.2. The minimum Gasteiger partial charge on any atom is -0.409 e. The monoisotopic (exact) mass is 274 g/mol. The number of aromatic nitrogens is 3. The second-order valence-electron chi connectivity index (χ2n) is 4.16. The lowest BCUT2D eigenvalue weighted by Gasteiger charge is -2.08. The highest BCUT2D eigenvalue weighted by molar-refractivity contribution is 6.09. The summed E-state index contributed by atoms with van der Waals surface area (Å²) >= 11 is 0. The van der Waals surface area contributed by atoms with Gasteiger partial charge in [-0.1, -0.05) is 5.16 Å². The molecular formula is C12H14N6O2. The highest BCUT2D eigenvalue weighted by Gasteiger charge is 2.16. The van der Waals surface area contributed by atoms with Gasteiger partial charge in [0.1, 0.15) is 5.82 Å². The molecule has 8 heteroatoms. The topological polar surface area (TPSA) is 118 Å². The Kier molecular flexibility index (Phi) is 3.65. The smallest absolute Gasteiger partial charge is 0.256 e. The lowest BCUT2D eigenvalue weighted by molar-refractivity contribution is 0.102. The number of oxime groups is 1. The molecule has 0 aromatic carbocycles. The van der Waals surface area contributed by atoms with Crippen molar-refractivity contribution in [3.63, 3.8) is 0 Å². The van der Waals surface area contributed by atoms with Gasteiger partial charge >= 0.3 is 0 Å². The molecule has 0 bridgehead atoms. The van der Waals surface area contributed by atoms with Gasteiger partial charge in [-0.15, -0.1) is 0 Å². The number of pyridine rings is 1. The van der Waals surface area contributed by atoms with E-state index in [-0.39, 0.29) is 11.7 Å². The molecule has 0 aliphatic rings. The summed E-state index contributed by atoms with van der Waals surface area (Å²) in [7, 11) is 1.64. The maximum absolute atomic E-state index is 12.2. The van der Waals surface area contributed by atoms with Crippen LogP contribution in [0.25, 0.3) is 0 Å². The number of carbonyl (C=O) groups excluding carboxylic acids is 1. The quantitative estimate of drug-likeness (QED) is 0.325. The molecule has 0 saturated heterocycles. The molecule has 0 saturated carbocycles. The highest BCUT2D eigenvalue weighted by atomic mass is 16.4. The van der Waals surface area contributed by atoms with E-state index in [1.807, 2.05) is 0 Å². The van der Waals surface area contributed by atoms with Crippen LogP contribution in [0.5, 0.6) is 0 Å². The average Bonchev–Trinajstić information content (AvgIpc) is 2.79. The van der Waals surface area contributed by atoms with Crippen molar-refractivity contribution in [2.45, 2.75) is 6.92 Å². The number of amides is 1. The predicted octanol–water partition coefficient (Wildman–Crippen LogP) is 0.470. The van der Waals surface area contributed by atoms with Crippen LogP contribution in [0.15, 0.2) is 29.7 Å². The van der Waals surface area contributed by atoms with Crippen molar-refractivity contribution in [1.29, 1.82) is 0 Å². The maximum Gasteiger partial charge on any atom is 0.256 e. The Bertz CT molecular complexity index is 676. The van der Waals surface area contributed by atoms with Gasteiger partial charge in [-0.2, -0.15) is 5.10 Å². The molecule has 2 aromatic rings. The number of hydrogen-bond acceptors (Lipinski definition) is 5. The lowest BCUT2D eigenvalue weighted by Crippen LogP contribution is -2.20. The third kappa shape index (κ3) is 2.58. The Labute approximate surface area is 114 Å². The molecule has 0 atom stereocenters. The molecule has 2 heterocycles. The normalized spacial score (nSPS) is 11.4. The van der Waals surface area contributed by atoms with Gasteiger partial charge in [0.15, 0.2) is 5.84 Å². The molecule has 104 valence electrons. The first-order valence-electron chi connectivity index (χ1n) is 5.77. The fourth-order valence-electron chi connectivity index (χ4n) is 1.69. The molecule has 0 aliphatic heterocycles. The highest BCUT2D eigenvalue weighted by Crippen LogP contribution is 2.15. The van der Waals surface area contributed by atoms with E-state index in [0.29, 0.717) is 16.9 Å². The van der Waals surface area contributed by atoms with E-state index in [0.717, 1.165) is 5.69 Å². The van der Waals surface area contributed by atoms with Crippen molar-refractivity contribution in [3.8, 4) is 0 Å². The van der Waals surface area contributed by atoms with E-state index in [2.05, 4.69) is 20.6 Å². The van der Waals surface area contributed by atoms with Crippen LogP contribution < -0.4 is 11.1 Å². The molecule has 0 unspecified atom stereocenters. The van der Waals surface area contributed by atoms with Crippen LogP contribution in [0.2, 0.25) is 0 Å². The van der Waals surface area contributed by atoms with Gasteiger partial charge in [0.25, 0.3) is 5.91 Å². The molecule has 2 aromatic heterocycles. The molecule has 1 amide bonds. The van der Waals surface area contributed by atoms with Crippen molar-refractivity contribution in [1.82, 2.24) is 14.8 Å². The third-order valence-electron chi connectivity index (χ3n) is 2.71. The average molecular weight is 274 g/mol. The molecule has 0 radical (unpaired) electrons. The number of anilines is 1. The number of amidine groups is 1. The van der Waals surface area contributed by atoms with E-state index < -0.39 is 0 Å². The van der Waals surface area contributed by atoms with Gasteiger partial charge < -0.3 is 16.3 Å². The minimum absolute atomic E-state index is 0.126. The zero-order valence-corrected chi connectivity index (χ0v) is 11.0. The third-order valence-corrected chi connectivity index (χ3v) is 2.71. The van der Waals surface area contributed by atoms with Crippen LogP contribution >= 0.6 is 0 Å². The van der Waals surface area contributed by atoms with Crippen LogP contribution in [0, 0.1) is 6.92 Å². The molecule has 20 heavy (non-hydrogen) atoms. The Hall–Kier alpha value is -2.90. The number of hydrogen-bond donors (Lipinski definition) is 3. The second-order valence-corrected chi connectivity index (χ2v) is 4.16. The molecule has 0 aliphatic carbocycles. The molecule has 0 fully saturated rings. The lowest BCUT2D eigenvalue weighted by atomic mass is 10.2. The van der Waals surface area contributed by atoms with Crippen molar-refractivity contribution in [2.24, 2.45) is 17.9 Å². The fourth-order valence-corrected chi connectivity index (χ4v) is 1.69. The summed E-state index contributed by atoms with van der Waals surface area (Å²) in [6.07, 6.45) is 2.96. The summed E-state index contributed by atoms with van der Waals surface area (Å²) in [4.78, 5) is 16.2. The van der Waals surface area contributed by atoms with E-state index in [9.17, 15) is 4.79 Å². The number of nitrogens with two attached hydrogens (primary N) is 1. The molecule has 4 N–H and O–H groups in total. The van der Waals surface area contributed by atoms with Crippen molar-refractivity contribution >= 4 is 17.6 Å². The molecular weight excluding hydrogens is 260 g/mol. The van der Waals surface area contributed by atoms with E-state index in [4.69, 9.17) is 10.9 Å². The molecule has 8 nitrogen and oxygen atoms in total. The van der Waals surface area contributed by atoms with Crippen LogP contribution in [0.1, 0.15) is 21.6 Å². The van der Waals surface area contributed by atoms with Gasteiger partial charge in [0.05, 0.1) is 11.8 Å². The van der Waals surface area contributed by atoms with E-state index in [1.54, 1.807) is 32.3 Å². The first-order chi connectivity index (χ1) is 9.52. The Morgan fingerprint density at radius 3 is 2.95 bits per heavy atom. The summed E-state index contributed by atoms with van der Waals surface area (Å²) in [6.45, 7) is 1.79. The summed E-state index contributed by atoms with van der Waals surface area (Å²) in [5.41, 5.74) is 7.07. The van der Waals surface area contributed by atoms with Crippen LogP contribution in [0.3, 0.4) is 0 Å². The van der Waals surface area contributed by atoms with Crippen molar-refractivity contribution < 1.29 is 10.0 Å². The standard InChI is InChI=1S/C12H14N6O2/c1-7-5-8(3-4-14-7)12(19)16-11-9(10(13)17-20)6-15-18(11)2/h3-6,20H,1-2H3,(H2,13,17)(H,16,19). The molecule has 2 rings (SSSR count). The molecule has 0 spiro atoms. The number of nitrogens with one attached hydrogen (secondary N) is 1. The number of rotatable bonds is 3. The Morgan fingerprint density at radius 2 is 2.30 bits per heavy atom. The number of carbonyl (C=O) groups is 1. The number of aryl methyl sites for hydroxylation is 2. The number of nitrogens with zero attached hydrogens (tertiary/aromatic N) is 4. The Morgan fingerprint density at radius 1 is 1.55 bits per heavy atom. The summed E-state index contributed by atoms with van der Waals surface area (Å²) < 4.78 is 1.43. The van der Waals surface area contributed by atoms with E-state index in [1.165, 1.54) is 10.9 Å². The second kappa shape index (κ2) is 5.39. The van der Waals surface area contributed by atoms with Gasteiger partial charge in [0.2, 0.25) is 0 Å². The van der Waals surface area contributed by atoms with E-state index >= 15 is 0 Å². The van der Waals surface area contributed by atoms with Crippen molar-refractivity contribution in [3.05, 3.63) is 41.3 Å². The summed E-state index contributed by atoms with van der Waals surface area (Å²) in [6, 6.07) is 3.26. The summed E-state index contributed by atoms with van der Waals surface area (Å²) in [5.74, 6) is -0.106. The van der Waals surface area contributed by atoms with Gasteiger partial charge in [-0.3, -0.25) is 14.5 Å². The van der Waals surface area contributed by atoms with Gasteiger partial charge in [-0.25, -0.2) is 0 Å². The predicted molar refractivity (Wildman–Crippen MR) is 72.6 cm³/mol. The van der Waals surface area contributed by atoms with Gasteiger partial charge in [0, 0.05) is 24.5 Å². The van der Waals surface area contributed by atoms with Crippen molar-refractivity contribution in [2.75, 3.05) is 5.32 Å². The SMILES string of the molecule is Cc1cc(C(=O)Nc2c(/C(N)=N/O)cnn2C)ccn1. The first-order valence-corrected chi connectivity index (χ1v) is 5.77. The van der Waals surface area contributed by atoms with Crippen LogP contribution in [-0.4, -0.2) is 31.7 Å². The minimum atomic E-state index is -0.328. The zero-order chi connectivity index (χ0) is 14.7. The largest absolute Gasteiger partial charge is 0.409 e. The zero-order valence-electron chi connectivity index (χ0n) is 11.0. The van der Waals surface area contributed by atoms with Gasteiger partial charge in [-0.05, 0) is 19.1 Å². The Balaban J connectivity index is 2.31. The van der Waals surface area contributed by atoms with Crippen LogP contribution in [-0.2, 0) is 7.05 Å². The first kappa shape index (κ1) is 13.5.